The highest BCUT2D eigenvalue weighted by molar-refractivity contribution is 5.79. The van der Waals surface area contributed by atoms with Crippen molar-refractivity contribution < 1.29 is 9.52 Å². The fourth-order valence-corrected chi connectivity index (χ4v) is 3.53. The number of rotatable bonds is 9. The van der Waals surface area contributed by atoms with Crippen molar-refractivity contribution in [2.24, 2.45) is 10.9 Å². The van der Waals surface area contributed by atoms with Crippen LogP contribution >= 0.6 is 0 Å². The molecule has 0 radical (unpaired) electrons. The minimum Gasteiger partial charge on any atom is -0.463 e. The molecule has 2 heterocycles. The van der Waals surface area contributed by atoms with Crippen molar-refractivity contribution in [3.63, 3.8) is 0 Å². The number of nitrogens with zero attached hydrogens (tertiary/aromatic N) is 2. The van der Waals surface area contributed by atoms with E-state index in [2.05, 4.69) is 27.4 Å². The van der Waals surface area contributed by atoms with Crippen molar-refractivity contribution >= 4 is 5.96 Å². The number of likely N-dealkylation sites (tertiary alicyclic amines) is 1. The third-order valence-corrected chi connectivity index (χ3v) is 5.10. The Morgan fingerprint density at radius 1 is 1.37 bits per heavy atom. The first-order chi connectivity index (χ1) is 12.9. The second-order valence-corrected chi connectivity index (χ2v) is 8.06. The SMILES string of the molecule is CCNC(=NCC(C)(O)c1ccc(C)o1)NCCCCN1CCCC(C)C1. The number of aliphatic hydroxyl groups is 1. The third kappa shape index (κ3) is 7.54. The molecule has 6 heteroatoms. The number of furan rings is 1. The summed E-state index contributed by atoms with van der Waals surface area (Å²) in [4.78, 5) is 7.14. The largest absolute Gasteiger partial charge is 0.463 e. The summed E-state index contributed by atoms with van der Waals surface area (Å²) >= 11 is 0. The minimum absolute atomic E-state index is 0.251. The molecule has 2 unspecified atom stereocenters. The highest BCUT2D eigenvalue weighted by atomic mass is 16.4. The maximum absolute atomic E-state index is 10.6. The minimum atomic E-state index is -1.11. The second kappa shape index (κ2) is 10.7. The van der Waals surface area contributed by atoms with Gasteiger partial charge in [-0.15, -0.1) is 0 Å². The van der Waals surface area contributed by atoms with Gasteiger partial charge in [-0.25, -0.2) is 4.99 Å². The van der Waals surface area contributed by atoms with Gasteiger partial charge in [0.15, 0.2) is 5.96 Å². The predicted molar refractivity (Wildman–Crippen MR) is 111 cm³/mol. The zero-order valence-corrected chi connectivity index (χ0v) is 17.6. The molecular formula is C21H38N4O2. The lowest BCUT2D eigenvalue weighted by molar-refractivity contribution is 0.0428. The highest BCUT2D eigenvalue weighted by Crippen LogP contribution is 2.23. The molecule has 3 N–H and O–H groups in total. The van der Waals surface area contributed by atoms with E-state index in [4.69, 9.17) is 4.42 Å². The first-order valence-electron chi connectivity index (χ1n) is 10.4. The van der Waals surface area contributed by atoms with Gasteiger partial charge in [-0.2, -0.15) is 0 Å². The number of nitrogens with one attached hydrogen (secondary N) is 2. The van der Waals surface area contributed by atoms with Gasteiger partial charge in [0.05, 0.1) is 6.54 Å². The molecule has 2 rings (SSSR count). The zero-order valence-electron chi connectivity index (χ0n) is 17.6. The van der Waals surface area contributed by atoms with Crippen LogP contribution in [0.25, 0.3) is 0 Å². The molecule has 6 nitrogen and oxygen atoms in total. The van der Waals surface area contributed by atoms with E-state index >= 15 is 0 Å². The topological polar surface area (TPSA) is 73.0 Å². The predicted octanol–water partition coefficient (Wildman–Crippen LogP) is 2.86. The van der Waals surface area contributed by atoms with E-state index in [1.165, 1.54) is 38.9 Å². The normalized spacial score (nSPS) is 21.1. The first-order valence-corrected chi connectivity index (χ1v) is 10.4. The number of aliphatic imine (C=N–C) groups is 1. The Kier molecular flexibility index (Phi) is 8.64. The van der Waals surface area contributed by atoms with Crippen molar-refractivity contribution in [2.75, 3.05) is 39.3 Å². The van der Waals surface area contributed by atoms with Crippen LogP contribution in [0, 0.1) is 12.8 Å². The van der Waals surface area contributed by atoms with Gasteiger partial charge < -0.3 is 25.1 Å². The molecule has 0 saturated carbocycles. The van der Waals surface area contributed by atoms with Crippen molar-refractivity contribution in [1.29, 1.82) is 0 Å². The number of aryl methyl sites for hydroxylation is 1. The van der Waals surface area contributed by atoms with Gasteiger partial charge in [0, 0.05) is 19.6 Å². The fraction of sp³-hybridized carbons (Fsp3) is 0.762. The van der Waals surface area contributed by atoms with Crippen LogP contribution in [0.5, 0.6) is 0 Å². The van der Waals surface area contributed by atoms with Gasteiger partial charge in [-0.05, 0) is 77.6 Å². The Balaban J connectivity index is 1.73. The number of unbranched alkanes of at least 4 members (excludes halogenated alkanes) is 1. The molecular weight excluding hydrogens is 340 g/mol. The summed E-state index contributed by atoms with van der Waals surface area (Å²) in [5, 5.41) is 17.2. The van der Waals surface area contributed by atoms with E-state index in [1.54, 1.807) is 6.92 Å². The van der Waals surface area contributed by atoms with Crippen molar-refractivity contribution in [2.45, 2.75) is 59.0 Å². The van der Waals surface area contributed by atoms with E-state index in [0.29, 0.717) is 5.76 Å². The molecule has 1 aromatic rings. The van der Waals surface area contributed by atoms with Crippen LogP contribution < -0.4 is 10.6 Å². The van der Waals surface area contributed by atoms with E-state index in [0.717, 1.165) is 37.1 Å². The van der Waals surface area contributed by atoms with Gasteiger partial charge in [0.2, 0.25) is 0 Å². The summed E-state index contributed by atoms with van der Waals surface area (Å²) in [6, 6.07) is 3.67. The molecule has 0 aromatic carbocycles. The lowest BCUT2D eigenvalue weighted by atomic mass is 10.0. The van der Waals surface area contributed by atoms with Crippen LogP contribution in [0.15, 0.2) is 21.5 Å². The molecule has 1 aliphatic rings. The lowest BCUT2D eigenvalue weighted by Crippen LogP contribution is -2.39. The van der Waals surface area contributed by atoms with Gasteiger partial charge in [0.1, 0.15) is 17.1 Å². The average Bonchev–Trinajstić information content (AvgIpc) is 3.07. The average molecular weight is 379 g/mol. The van der Waals surface area contributed by atoms with Gasteiger partial charge in [0.25, 0.3) is 0 Å². The molecule has 1 fully saturated rings. The maximum atomic E-state index is 10.6. The quantitative estimate of drug-likeness (QED) is 0.350. The van der Waals surface area contributed by atoms with Crippen LogP contribution in [-0.4, -0.2) is 55.2 Å². The smallest absolute Gasteiger partial charge is 0.191 e. The molecule has 1 aliphatic heterocycles. The number of hydrogen-bond acceptors (Lipinski definition) is 4. The Bertz CT molecular complexity index is 582. The maximum Gasteiger partial charge on any atom is 0.191 e. The third-order valence-electron chi connectivity index (χ3n) is 5.10. The van der Waals surface area contributed by atoms with Crippen molar-refractivity contribution in [1.82, 2.24) is 15.5 Å². The molecule has 2 atom stereocenters. The molecule has 0 bridgehead atoms. The Morgan fingerprint density at radius 3 is 2.85 bits per heavy atom. The summed E-state index contributed by atoms with van der Waals surface area (Å²) in [5.74, 6) is 2.93. The summed E-state index contributed by atoms with van der Waals surface area (Å²) < 4.78 is 5.55. The van der Waals surface area contributed by atoms with Gasteiger partial charge in [-0.3, -0.25) is 0 Å². The molecule has 154 valence electrons. The Hall–Kier alpha value is -1.53. The monoisotopic (exact) mass is 378 g/mol. The highest BCUT2D eigenvalue weighted by Gasteiger charge is 2.26. The van der Waals surface area contributed by atoms with Gasteiger partial charge in [-0.1, -0.05) is 6.92 Å². The van der Waals surface area contributed by atoms with Crippen LogP contribution in [0.3, 0.4) is 0 Å². The summed E-state index contributed by atoms with van der Waals surface area (Å²) in [7, 11) is 0. The lowest BCUT2D eigenvalue weighted by Gasteiger charge is -2.30. The zero-order chi connectivity index (χ0) is 19.7. The fourth-order valence-electron chi connectivity index (χ4n) is 3.53. The first kappa shape index (κ1) is 21.8. The summed E-state index contributed by atoms with van der Waals surface area (Å²) in [6.07, 6.45) is 5.03. The summed E-state index contributed by atoms with van der Waals surface area (Å²) in [6.45, 7) is 13.6. The van der Waals surface area contributed by atoms with E-state index in [1.807, 2.05) is 26.0 Å². The summed E-state index contributed by atoms with van der Waals surface area (Å²) in [5.41, 5.74) is -1.11. The van der Waals surface area contributed by atoms with Crippen LogP contribution in [0.1, 0.15) is 58.0 Å². The number of piperidine rings is 1. The van der Waals surface area contributed by atoms with E-state index < -0.39 is 5.60 Å². The molecule has 0 amide bonds. The standard InChI is InChI=1S/C21H38N4O2/c1-5-22-20(24-16-21(4,26)19-11-10-18(3)27-19)23-12-6-7-13-25-14-8-9-17(2)15-25/h10-11,17,26H,5-9,12-16H2,1-4H3,(H2,22,23,24). The van der Waals surface area contributed by atoms with Crippen LogP contribution in [-0.2, 0) is 5.60 Å². The molecule has 0 aliphatic carbocycles. The second-order valence-electron chi connectivity index (χ2n) is 8.06. The number of hydrogen-bond donors (Lipinski definition) is 3. The van der Waals surface area contributed by atoms with Crippen LogP contribution in [0.4, 0.5) is 0 Å². The molecule has 27 heavy (non-hydrogen) atoms. The Labute approximate surface area is 164 Å². The molecule has 1 saturated heterocycles. The Morgan fingerprint density at radius 2 is 2.19 bits per heavy atom. The number of guanidine groups is 1. The van der Waals surface area contributed by atoms with Gasteiger partial charge >= 0.3 is 0 Å². The van der Waals surface area contributed by atoms with Crippen LogP contribution in [0.2, 0.25) is 0 Å². The molecule has 0 spiro atoms. The molecule has 1 aromatic heterocycles. The van der Waals surface area contributed by atoms with E-state index in [9.17, 15) is 5.11 Å². The van der Waals surface area contributed by atoms with Crippen molar-refractivity contribution in [3.8, 4) is 0 Å². The van der Waals surface area contributed by atoms with Crippen molar-refractivity contribution in [3.05, 3.63) is 23.7 Å². The van der Waals surface area contributed by atoms with E-state index in [-0.39, 0.29) is 6.54 Å².